The van der Waals surface area contributed by atoms with Crippen LogP contribution in [-0.4, -0.2) is 49.9 Å². The van der Waals surface area contributed by atoms with Gasteiger partial charge < -0.3 is 15.8 Å². The summed E-state index contributed by atoms with van der Waals surface area (Å²) in [6, 6.07) is 6.40. The molecule has 0 spiro atoms. The standard InChI is InChI=1S/C20H18F3N3O5S.Na.H/c21-20(22,23)12-6-3-7-13(10-12)25-17-14(26-32(29)30)8-9-15(16(17)18(24)27)31-19(28)11-4-1-2-5-11;;/h3-4,6-10,25,32H,1-2,5H2,(H2,24,27)(H,26,29,30);;. The van der Waals surface area contributed by atoms with Crippen molar-refractivity contribution in [3.8, 4) is 5.75 Å². The summed E-state index contributed by atoms with van der Waals surface area (Å²) in [4.78, 5) is 24.6. The van der Waals surface area contributed by atoms with Gasteiger partial charge in [0.1, 0.15) is 11.3 Å². The predicted octanol–water partition coefficient (Wildman–Crippen LogP) is 2.85. The molecule has 172 valence electrons. The summed E-state index contributed by atoms with van der Waals surface area (Å²) >= 11 is 0. The Morgan fingerprint density at radius 1 is 1.12 bits per heavy atom. The maximum absolute atomic E-state index is 13.1. The van der Waals surface area contributed by atoms with E-state index in [2.05, 4.69) is 10.0 Å². The molecule has 3 rings (SSSR count). The fourth-order valence-electron chi connectivity index (χ4n) is 3.17. The van der Waals surface area contributed by atoms with Crippen LogP contribution in [0, 0.1) is 0 Å². The molecule has 0 saturated carbocycles. The molecule has 0 aliphatic heterocycles. The van der Waals surface area contributed by atoms with E-state index in [0.717, 1.165) is 24.6 Å². The number of primary amides is 1. The zero-order valence-electron chi connectivity index (χ0n) is 16.4. The quantitative estimate of drug-likeness (QED) is 0.203. The zero-order chi connectivity index (χ0) is 23.5. The summed E-state index contributed by atoms with van der Waals surface area (Å²) in [6.07, 6.45) is -0.956. The Morgan fingerprint density at radius 3 is 2.42 bits per heavy atom. The van der Waals surface area contributed by atoms with Gasteiger partial charge in [0.15, 0.2) is 0 Å². The van der Waals surface area contributed by atoms with Gasteiger partial charge in [-0.3, -0.25) is 9.52 Å². The molecule has 8 nitrogen and oxygen atoms in total. The number of alkyl halides is 3. The molecule has 0 saturated heterocycles. The number of carbonyl (C=O) groups excluding carboxylic acids is 2. The van der Waals surface area contributed by atoms with Gasteiger partial charge in [-0.15, -0.1) is 0 Å². The van der Waals surface area contributed by atoms with E-state index in [1.54, 1.807) is 6.08 Å². The van der Waals surface area contributed by atoms with Crippen molar-refractivity contribution in [3.05, 3.63) is 59.2 Å². The van der Waals surface area contributed by atoms with E-state index < -0.39 is 40.1 Å². The topological polar surface area (TPSA) is 128 Å². The van der Waals surface area contributed by atoms with Gasteiger partial charge in [0.25, 0.3) is 5.91 Å². The van der Waals surface area contributed by atoms with E-state index in [0.29, 0.717) is 18.4 Å². The summed E-state index contributed by atoms with van der Waals surface area (Å²) < 4.78 is 69.0. The summed E-state index contributed by atoms with van der Waals surface area (Å²) in [5, 5.41) is 2.59. The molecule has 0 atom stereocenters. The molecule has 0 aromatic heterocycles. The van der Waals surface area contributed by atoms with Crippen molar-refractivity contribution >= 4 is 69.4 Å². The molecule has 33 heavy (non-hydrogen) atoms. The monoisotopic (exact) mass is 493 g/mol. The normalized spacial score (nSPS) is 13.2. The van der Waals surface area contributed by atoms with Crippen molar-refractivity contribution in [2.24, 2.45) is 5.73 Å². The summed E-state index contributed by atoms with van der Waals surface area (Å²) in [7, 11) is -3.20. The van der Waals surface area contributed by atoms with Crippen LogP contribution in [0.3, 0.4) is 0 Å². The first-order chi connectivity index (χ1) is 15.1. The first-order valence-corrected chi connectivity index (χ1v) is 10.5. The number of amides is 1. The number of ether oxygens (including phenoxy) is 1. The predicted molar refractivity (Wildman–Crippen MR) is 118 cm³/mol. The van der Waals surface area contributed by atoms with Gasteiger partial charge in [0.2, 0.25) is 10.9 Å². The van der Waals surface area contributed by atoms with Crippen molar-refractivity contribution in [2.75, 3.05) is 10.0 Å². The van der Waals surface area contributed by atoms with E-state index in [-0.39, 0.29) is 52.4 Å². The fourth-order valence-corrected chi connectivity index (χ4v) is 3.56. The summed E-state index contributed by atoms with van der Waals surface area (Å²) in [6.45, 7) is 0. The molecular weight excluding hydrogens is 474 g/mol. The van der Waals surface area contributed by atoms with Crippen LogP contribution in [0.1, 0.15) is 35.2 Å². The van der Waals surface area contributed by atoms with Gasteiger partial charge in [-0.05, 0) is 49.6 Å². The number of carbonyl (C=O) groups is 2. The minimum atomic E-state index is -4.63. The number of thiol groups is 1. The maximum atomic E-state index is 13.1. The average Bonchev–Trinajstić information content (AvgIpc) is 3.24. The molecule has 1 aliphatic rings. The Morgan fingerprint density at radius 2 is 1.85 bits per heavy atom. The molecule has 0 radical (unpaired) electrons. The van der Waals surface area contributed by atoms with Gasteiger partial charge in [-0.25, -0.2) is 13.2 Å². The number of benzene rings is 2. The number of halogens is 3. The van der Waals surface area contributed by atoms with Crippen LogP contribution in [0.5, 0.6) is 5.75 Å². The van der Waals surface area contributed by atoms with Crippen LogP contribution in [0.4, 0.5) is 30.2 Å². The van der Waals surface area contributed by atoms with Crippen LogP contribution < -0.4 is 20.5 Å². The first-order valence-electron chi connectivity index (χ1n) is 9.29. The van der Waals surface area contributed by atoms with Gasteiger partial charge in [-0.2, -0.15) is 13.2 Å². The zero-order valence-corrected chi connectivity index (χ0v) is 17.3. The molecule has 0 heterocycles. The Labute approximate surface area is 210 Å². The van der Waals surface area contributed by atoms with E-state index in [1.165, 1.54) is 18.2 Å². The summed E-state index contributed by atoms with van der Waals surface area (Å²) in [5.41, 5.74) is 3.95. The second kappa shape index (κ2) is 11.1. The second-order valence-corrected chi connectivity index (χ2v) is 7.55. The third-order valence-corrected chi connectivity index (χ3v) is 5.01. The van der Waals surface area contributed by atoms with E-state index in [1.807, 2.05) is 0 Å². The molecular formula is C20H19F3N3NaO5S. The van der Waals surface area contributed by atoms with Crippen molar-refractivity contribution in [3.63, 3.8) is 0 Å². The van der Waals surface area contributed by atoms with Crippen LogP contribution in [0.2, 0.25) is 0 Å². The molecule has 0 unspecified atom stereocenters. The van der Waals surface area contributed by atoms with E-state index in [9.17, 15) is 31.2 Å². The molecule has 13 heteroatoms. The first kappa shape index (κ1) is 26.7. The third-order valence-electron chi connectivity index (χ3n) is 4.59. The number of nitrogens with one attached hydrogen (secondary N) is 2. The molecule has 2 aromatic carbocycles. The number of hydrogen-bond donors (Lipinski definition) is 4. The fraction of sp³-hybridized carbons (Fsp3) is 0.200. The average molecular weight is 493 g/mol. The van der Waals surface area contributed by atoms with Crippen LogP contribution in [0.25, 0.3) is 0 Å². The Kier molecular flexibility index (Phi) is 8.95. The number of rotatable bonds is 7. The van der Waals surface area contributed by atoms with Crippen molar-refractivity contribution in [2.45, 2.75) is 25.4 Å². The molecule has 0 bridgehead atoms. The number of nitrogens with two attached hydrogens (primary N) is 1. The van der Waals surface area contributed by atoms with Crippen molar-refractivity contribution < 1.29 is 35.9 Å². The van der Waals surface area contributed by atoms with E-state index in [4.69, 9.17) is 10.5 Å². The minimum absolute atomic E-state index is 0. The van der Waals surface area contributed by atoms with Gasteiger partial charge in [0, 0.05) is 11.3 Å². The number of esters is 1. The molecule has 1 amide bonds. The molecule has 2 aromatic rings. The Bertz CT molecular complexity index is 1170. The van der Waals surface area contributed by atoms with Crippen LogP contribution in [-0.2, 0) is 21.9 Å². The molecule has 1 aliphatic carbocycles. The second-order valence-electron chi connectivity index (χ2n) is 6.81. The molecule has 0 fully saturated rings. The SMILES string of the molecule is NC(=O)c1c(OC(=O)C2=CCCC2)ccc(N[SH](=O)=O)c1Nc1cccc(C(F)(F)F)c1.[NaH]. The number of hydrogen-bond acceptors (Lipinski definition) is 6. The van der Waals surface area contributed by atoms with Crippen molar-refractivity contribution in [1.82, 2.24) is 0 Å². The van der Waals surface area contributed by atoms with Crippen molar-refractivity contribution in [1.29, 1.82) is 0 Å². The number of anilines is 3. The van der Waals surface area contributed by atoms with E-state index >= 15 is 0 Å². The van der Waals surface area contributed by atoms with Gasteiger partial charge >= 0.3 is 41.7 Å². The Hall–Kier alpha value is -2.54. The van der Waals surface area contributed by atoms with Crippen LogP contribution >= 0.6 is 0 Å². The number of allylic oxidation sites excluding steroid dienone is 1. The molecule has 4 N–H and O–H groups in total. The third kappa shape index (κ3) is 6.73. The Balaban J connectivity index is 0.00000385. The van der Waals surface area contributed by atoms with Gasteiger partial charge in [0.05, 0.1) is 16.9 Å². The van der Waals surface area contributed by atoms with Crippen LogP contribution in [0.15, 0.2) is 48.0 Å². The van der Waals surface area contributed by atoms with Gasteiger partial charge in [-0.1, -0.05) is 12.1 Å². The summed E-state index contributed by atoms with van der Waals surface area (Å²) in [5.74, 6) is -2.06.